The molecule has 824 valence electrons. The maximum atomic E-state index is 15.0. The highest BCUT2D eigenvalue weighted by Gasteiger charge is 2.44. The quantitative estimate of drug-likeness (QED) is 0.0242. The Morgan fingerprint density at radius 3 is 1.33 bits per heavy atom. The molecule has 0 aromatic heterocycles. The van der Waals surface area contributed by atoms with Gasteiger partial charge >= 0.3 is 5.97 Å². The molecule has 1 aromatic rings. The minimum absolute atomic E-state index is 0.0148. The fourth-order valence-corrected chi connectivity index (χ4v) is 15.6. The van der Waals surface area contributed by atoms with E-state index in [1.165, 1.54) is 41.5 Å². The summed E-state index contributed by atoms with van der Waals surface area (Å²) < 4.78 is 16.2. The van der Waals surface area contributed by atoms with E-state index in [-0.39, 0.29) is 140 Å². The van der Waals surface area contributed by atoms with E-state index >= 15 is 0 Å². The van der Waals surface area contributed by atoms with Crippen LogP contribution in [0, 0.1) is 23.7 Å². The number of carboxylic acids is 1. The maximum Gasteiger partial charge on any atom is 0.326 e. The van der Waals surface area contributed by atoms with Crippen LogP contribution < -0.4 is 125 Å². The van der Waals surface area contributed by atoms with E-state index in [4.69, 9.17) is 48.6 Å². The number of aliphatic hydroxyl groups is 1. The molecule has 0 radical (unpaired) electrons. The number of rotatable bonds is 66. The van der Waals surface area contributed by atoms with Gasteiger partial charge in [-0.05, 0) is 258 Å². The van der Waals surface area contributed by atoms with Crippen LogP contribution in [0.4, 0.5) is 0 Å². The van der Waals surface area contributed by atoms with Crippen LogP contribution in [0.5, 0.6) is 0 Å². The summed E-state index contributed by atoms with van der Waals surface area (Å²) in [5, 5.41) is 66.4. The van der Waals surface area contributed by atoms with E-state index in [1.807, 2.05) is 0 Å². The molecule has 1 aliphatic rings. The lowest BCUT2D eigenvalue weighted by Crippen LogP contribution is -2.65. The van der Waals surface area contributed by atoms with Crippen molar-refractivity contribution in [2.24, 2.45) is 58.1 Å². The van der Waals surface area contributed by atoms with Crippen molar-refractivity contribution in [1.82, 2.24) is 90.4 Å². The van der Waals surface area contributed by atoms with Crippen molar-refractivity contribution >= 4 is 106 Å². The molecular formula is C99H175N23O23. The number of ether oxygens (including phenoxy) is 3. The highest BCUT2D eigenvalue weighted by atomic mass is 16.5. The van der Waals surface area contributed by atoms with E-state index in [0.717, 1.165) is 0 Å². The van der Waals surface area contributed by atoms with Crippen LogP contribution >= 0.6 is 0 Å². The Morgan fingerprint density at radius 1 is 0.414 bits per heavy atom. The van der Waals surface area contributed by atoms with Crippen molar-refractivity contribution in [3.63, 3.8) is 0 Å². The van der Waals surface area contributed by atoms with Gasteiger partial charge in [0.2, 0.25) is 100 Å². The molecule has 1 heterocycles. The highest BCUT2D eigenvalue weighted by molar-refractivity contribution is 6.02. The first-order valence-electron chi connectivity index (χ1n) is 51.3. The highest BCUT2D eigenvalue weighted by Crippen LogP contribution is 2.23. The first-order valence-corrected chi connectivity index (χ1v) is 51.3. The fourth-order valence-electron chi connectivity index (χ4n) is 15.6. The predicted molar refractivity (Wildman–Crippen MR) is 546 cm³/mol. The zero-order valence-corrected chi connectivity index (χ0v) is 87.8. The molecule has 46 nitrogen and oxygen atoms in total. The van der Waals surface area contributed by atoms with Gasteiger partial charge in [0.15, 0.2) is 0 Å². The largest absolute Gasteiger partial charge is 0.480 e. The summed E-state index contributed by atoms with van der Waals surface area (Å²) in [5.41, 5.74) is 31.2. The summed E-state index contributed by atoms with van der Waals surface area (Å²) in [7, 11) is 0. The Labute approximate surface area is 854 Å². The molecule has 17 atom stereocenters. The second kappa shape index (κ2) is 71.5. The van der Waals surface area contributed by atoms with Crippen LogP contribution in [-0.2, 0) is 107 Å². The zero-order chi connectivity index (χ0) is 109. The number of hydrogen-bond acceptors (Lipinski definition) is 28. The molecule has 46 heteroatoms. The van der Waals surface area contributed by atoms with Gasteiger partial charge < -0.3 is 149 Å². The van der Waals surface area contributed by atoms with Gasteiger partial charge in [0.25, 0.3) is 0 Å². The number of unbranched alkanes of at least 4 members (excludes halogenated alkanes) is 5. The third kappa shape index (κ3) is 51.8. The second-order valence-electron chi connectivity index (χ2n) is 39.2. The van der Waals surface area contributed by atoms with Crippen LogP contribution in [0.15, 0.2) is 42.5 Å². The molecule has 2 rings (SSSR count). The van der Waals surface area contributed by atoms with Crippen LogP contribution in [0.1, 0.15) is 257 Å². The number of carbonyl (C=O) groups is 18. The van der Waals surface area contributed by atoms with E-state index in [1.54, 1.807) is 97.9 Å². The van der Waals surface area contributed by atoms with Gasteiger partial charge in [-0.25, -0.2) is 4.79 Å². The van der Waals surface area contributed by atoms with Gasteiger partial charge in [0.1, 0.15) is 108 Å². The third-order valence-electron chi connectivity index (χ3n) is 24.2. The summed E-state index contributed by atoms with van der Waals surface area (Å²) in [6.45, 7) is 23.6. The van der Waals surface area contributed by atoms with E-state index in [9.17, 15) is 96.5 Å². The SMILES string of the molecule is CC(C)C[C@H](NC(=O)[C@H](C)NC(=O)[C@]1(C)CCC/C=C/CCC[C@](C)(NC(=O)[C@H](CO)NC(=O)[C@@H](NC(=O)[C@H](CC(C)C)NC(=O)[C@H](Cc2ccccc2)NC(=O)[C@H](CCCCN)NC(=O)[C@H](C)NC(=O)[C@H](C)NC(=O)[C@H](CCCCN)NC(=O)[C@H](CCCCN)NC(=O)COCCOCCOCCN)C(C)C)C(=O)N[C@@H](C)C(=O)N[C@@H](CC(C)C)C(=O)N[C@@H](CCCCN)C(=O)N1)C(=O)N[C@@H](CCCCN)C(=O)O. The van der Waals surface area contributed by atoms with Crippen molar-refractivity contribution in [2.45, 2.75) is 359 Å². The number of aliphatic carboxylic acids is 1. The number of carbonyl (C=O) groups excluding carboxylic acids is 17. The summed E-state index contributed by atoms with van der Waals surface area (Å²) >= 11 is 0. The average molecular weight is 2060 g/mol. The first kappa shape index (κ1) is 130. The number of amides is 17. The Kier molecular flexibility index (Phi) is 64.2. The molecule has 1 aromatic carbocycles. The lowest BCUT2D eigenvalue weighted by Gasteiger charge is -2.33. The molecule has 31 N–H and O–H groups in total. The number of hydrogen-bond donors (Lipinski definition) is 25. The van der Waals surface area contributed by atoms with Crippen molar-refractivity contribution in [1.29, 1.82) is 0 Å². The molecule has 0 spiro atoms. The molecule has 0 unspecified atom stereocenters. The van der Waals surface area contributed by atoms with Crippen molar-refractivity contribution in [2.75, 3.05) is 85.5 Å². The molecule has 0 saturated heterocycles. The van der Waals surface area contributed by atoms with Crippen molar-refractivity contribution in [3.8, 4) is 0 Å². The topological polar surface area (TPSA) is 736 Å². The van der Waals surface area contributed by atoms with Gasteiger partial charge in [-0.3, -0.25) is 81.5 Å². The Morgan fingerprint density at radius 2 is 0.828 bits per heavy atom. The van der Waals surface area contributed by atoms with Crippen LogP contribution in [0.2, 0.25) is 0 Å². The monoisotopic (exact) mass is 2050 g/mol. The van der Waals surface area contributed by atoms with Gasteiger partial charge in [-0.1, -0.05) is 97.9 Å². The Bertz CT molecular complexity index is 4210. The van der Waals surface area contributed by atoms with E-state index in [2.05, 4.69) is 90.4 Å². The fraction of sp³-hybridized carbons (Fsp3) is 0.737. The minimum Gasteiger partial charge on any atom is -0.480 e. The maximum absolute atomic E-state index is 15.0. The van der Waals surface area contributed by atoms with Gasteiger partial charge in [-0.2, -0.15) is 0 Å². The molecule has 17 amide bonds. The summed E-state index contributed by atoms with van der Waals surface area (Å²) in [5.74, 6) is -16.9. The molecule has 0 bridgehead atoms. The second-order valence-corrected chi connectivity index (χ2v) is 39.2. The molecule has 0 aliphatic carbocycles. The zero-order valence-electron chi connectivity index (χ0n) is 87.8. The first-order chi connectivity index (χ1) is 68.7. The smallest absolute Gasteiger partial charge is 0.326 e. The number of carboxylic acid groups (broad SMARTS) is 1. The minimum atomic E-state index is -1.93. The van der Waals surface area contributed by atoms with E-state index < -0.39 is 227 Å². The third-order valence-corrected chi connectivity index (χ3v) is 24.2. The van der Waals surface area contributed by atoms with Crippen LogP contribution in [0.3, 0.4) is 0 Å². The lowest BCUT2D eigenvalue weighted by atomic mass is 9.91. The van der Waals surface area contributed by atoms with E-state index in [0.29, 0.717) is 116 Å². The van der Waals surface area contributed by atoms with Gasteiger partial charge in [0.05, 0.1) is 39.6 Å². The number of benzene rings is 1. The van der Waals surface area contributed by atoms with Crippen LogP contribution in [-0.4, -0.2) is 304 Å². The number of nitrogens with two attached hydrogens (primary N) is 6. The number of nitrogens with one attached hydrogen (secondary N) is 17. The summed E-state index contributed by atoms with van der Waals surface area (Å²) in [6, 6.07) is -11.9. The summed E-state index contributed by atoms with van der Waals surface area (Å²) in [4.78, 5) is 256. The Balaban J connectivity index is 2.53. The van der Waals surface area contributed by atoms with Crippen molar-refractivity contribution < 1.29 is 111 Å². The normalized spacial score (nSPS) is 19.4. The number of allylic oxidation sites excluding steroid dienone is 2. The van der Waals surface area contributed by atoms with Crippen LogP contribution in [0.25, 0.3) is 0 Å². The molecule has 0 fully saturated rings. The molecule has 1 aliphatic heterocycles. The Hall–Kier alpha value is -11.0. The standard InChI is InChI=1S/C99H175N23O23/c1-60(2)54-74-88(132)113-72(39-25-32-46-103)92(136)121-98(13,96(141)108-67(12)84(128)116-75(55-61(3)4)89(133)114-73(95(139)140)40-26-33-47-104)41-27-17-15-16-18-28-42-99(14,97(142)109-66(11)83(127)115-74)122-93(137)78(58-123)119-94(138)80(63(7)8)120-91(135)76(56-62(5)6)117-90(134)77(57-68-34-20-19-21-35-68)118-87(131)71(38-24-31-45-102)111-82(126)65(10)106-81(125)64(9)107-85(129)70(37-23-30-44-101)112-86(130)69(36-22-29-43-100)110-79(124)59-145-53-52-144-51-50-143-49-48-105/h15-16,19-21,34-35,60-67,69-78,80,123H,17-18,22-33,36-59,100-105H2,1-14H3,(H,106,125)(H,107,129)(H,108,141)(H,109,142)(H,110,124)(H,111,126)(H,112,130)(H,113,132)(H,114,133)(H,115,127)(H,116,128)(H,117,134)(H,118,131)(H,119,138)(H,120,135)(H,121,136)(H,122,137)(H,139,140)/b16-15+/t64-,65-,66-,67-,69-,70-,71-,72-,73-,74-,75-,76-,77-,78-,80-,98-,99-/m0/s1. The molecule has 0 saturated carbocycles. The molecule has 145 heavy (non-hydrogen) atoms. The predicted octanol–water partition coefficient (Wildman–Crippen LogP) is -2.23. The number of aliphatic hydroxyl groups excluding tert-OH is 1. The molecular weight excluding hydrogens is 1880 g/mol. The summed E-state index contributed by atoms with van der Waals surface area (Å²) in [6.07, 6.45) is 8.76. The van der Waals surface area contributed by atoms with Crippen molar-refractivity contribution in [3.05, 3.63) is 48.0 Å². The lowest BCUT2D eigenvalue weighted by molar-refractivity contribution is -0.142. The van der Waals surface area contributed by atoms with Gasteiger partial charge in [0, 0.05) is 13.0 Å². The van der Waals surface area contributed by atoms with Gasteiger partial charge in [-0.15, -0.1) is 0 Å². The average Bonchev–Trinajstić information content (AvgIpc) is 1.03.